The lowest BCUT2D eigenvalue weighted by Gasteiger charge is -2.15. The first-order valence-electron chi connectivity index (χ1n) is 5.90. The summed E-state index contributed by atoms with van der Waals surface area (Å²) in [4.78, 5) is 0. The van der Waals surface area contributed by atoms with Crippen LogP contribution in [0.15, 0.2) is 28.7 Å². The van der Waals surface area contributed by atoms with Crippen molar-refractivity contribution < 1.29 is 0 Å². The minimum Gasteiger partial charge on any atom is -0.197 e. The summed E-state index contributed by atoms with van der Waals surface area (Å²) in [5.74, 6) is 0. The van der Waals surface area contributed by atoms with Crippen molar-refractivity contribution in [3.63, 3.8) is 0 Å². The van der Waals surface area contributed by atoms with Gasteiger partial charge in [0.1, 0.15) is 0 Å². The van der Waals surface area contributed by atoms with E-state index in [1.807, 2.05) is 12.1 Å². The van der Waals surface area contributed by atoms with Crippen molar-refractivity contribution in [3.05, 3.63) is 34.3 Å². The van der Waals surface area contributed by atoms with E-state index in [9.17, 15) is 5.26 Å². The maximum atomic E-state index is 9.56. The third kappa shape index (κ3) is 1.21. The number of nitrogens with zero attached hydrogens (tertiary/aromatic N) is 1. The van der Waals surface area contributed by atoms with Crippen molar-refractivity contribution in [1.82, 2.24) is 0 Å². The Morgan fingerprint density at radius 3 is 2.62 bits per heavy atom. The quantitative estimate of drug-likeness (QED) is 0.755. The molecule has 2 heteroatoms. The second-order valence-electron chi connectivity index (χ2n) is 5.19. The molecule has 1 atom stereocenters. The number of rotatable bonds is 1. The Bertz CT molecular complexity index is 468. The van der Waals surface area contributed by atoms with Crippen LogP contribution in [0.1, 0.15) is 37.7 Å². The number of halogens is 1. The van der Waals surface area contributed by atoms with Gasteiger partial charge in [0, 0.05) is 4.47 Å². The van der Waals surface area contributed by atoms with E-state index >= 15 is 0 Å². The molecule has 0 amide bonds. The maximum Gasteiger partial charge on any atom is 0.0885 e. The Balaban J connectivity index is 2.03. The molecule has 0 saturated heterocycles. The van der Waals surface area contributed by atoms with Crippen molar-refractivity contribution in [2.75, 3.05) is 0 Å². The summed E-state index contributed by atoms with van der Waals surface area (Å²) in [5, 5.41) is 9.56. The molecule has 0 bridgehead atoms. The van der Waals surface area contributed by atoms with Crippen molar-refractivity contribution in [2.24, 2.45) is 5.41 Å². The average molecular weight is 276 g/mol. The largest absolute Gasteiger partial charge is 0.197 e. The van der Waals surface area contributed by atoms with Crippen LogP contribution in [0, 0.1) is 16.7 Å². The molecule has 2 saturated carbocycles. The molecule has 2 aliphatic carbocycles. The maximum absolute atomic E-state index is 9.56. The number of hydrogen-bond donors (Lipinski definition) is 0. The first kappa shape index (κ1) is 10.4. The van der Waals surface area contributed by atoms with Gasteiger partial charge in [-0.3, -0.25) is 0 Å². The molecule has 1 spiro atoms. The van der Waals surface area contributed by atoms with E-state index < -0.39 is 0 Å². The van der Waals surface area contributed by atoms with Gasteiger partial charge in [0.2, 0.25) is 0 Å². The highest BCUT2D eigenvalue weighted by Crippen LogP contribution is 2.71. The van der Waals surface area contributed by atoms with E-state index in [0.717, 1.165) is 10.9 Å². The molecule has 0 aromatic heterocycles. The molecule has 82 valence electrons. The molecule has 2 aliphatic rings. The van der Waals surface area contributed by atoms with E-state index in [0.29, 0.717) is 5.41 Å². The van der Waals surface area contributed by atoms with Crippen LogP contribution in [0.3, 0.4) is 0 Å². The summed E-state index contributed by atoms with van der Waals surface area (Å²) in [6, 6.07) is 10.9. The van der Waals surface area contributed by atoms with Gasteiger partial charge in [0.25, 0.3) is 0 Å². The van der Waals surface area contributed by atoms with Gasteiger partial charge in [0.05, 0.1) is 11.5 Å². The van der Waals surface area contributed by atoms with Crippen molar-refractivity contribution in [1.29, 1.82) is 5.26 Å². The molecule has 1 aromatic rings. The van der Waals surface area contributed by atoms with E-state index in [1.54, 1.807) is 0 Å². The molecule has 3 rings (SSSR count). The van der Waals surface area contributed by atoms with Gasteiger partial charge in [-0.15, -0.1) is 0 Å². The van der Waals surface area contributed by atoms with Crippen LogP contribution in [0.2, 0.25) is 0 Å². The Morgan fingerprint density at radius 1 is 1.25 bits per heavy atom. The van der Waals surface area contributed by atoms with Gasteiger partial charge in [-0.25, -0.2) is 0 Å². The van der Waals surface area contributed by atoms with Crippen LogP contribution in [-0.4, -0.2) is 0 Å². The van der Waals surface area contributed by atoms with Crippen LogP contribution in [-0.2, 0) is 5.41 Å². The molecule has 0 radical (unpaired) electrons. The first-order chi connectivity index (χ1) is 7.72. The molecule has 0 heterocycles. The van der Waals surface area contributed by atoms with E-state index in [1.165, 1.54) is 31.2 Å². The lowest BCUT2D eigenvalue weighted by atomic mass is 9.86. The number of hydrogen-bond acceptors (Lipinski definition) is 1. The summed E-state index contributed by atoms with van der Waals surface area (Å²) < 4.78 is 1.08. The predicted octanol–water partition coefficient (Wildman–Crippen LogP) is 4.17. The molecule has 2 fully saturated rings. The summed E-state index contributed by atoms with van der Waals surface area (Å²) >= 11 is 3.50. The fraction of sp³-hybridized carbons (Fsp3) is 0.500. The zero-order chi connectivity index (χ0) is 11.2. The second kappa shape index (κ2) is 3.34. The molecule has 1 aromatic carbocycles. The van der Waals surface area contributed by atoms with Gasteiger partial charge in [0.15, 0.2) is 0 Å². The van der Waals surface area contributed by atoms with Crippen LogP contribution < -0.4 is 0 Å². The Labute approximate surface area is 105 Å². The first-order valence-corrected chi connectivity index (χ1v) is 6.69. The molecule has 16 heavy (non-hydrogen) atoms. The highest BCUT2D eigenvalue weighted by molar-refractivity contribution is 9.10. The van der Waals surface area contributed by atoms with Gasteiger partial charge in [-0.1, -0.05) is 40.9 Å². The smallest absolute Gasteiger partial charge is 0.0885 e. The van der Waals surface area contributed by atoms with Crippen molar-refractivity contribution >= 4 is 15.9 Å². The van der Waals surface area contributed by atoms with Gasteiger partial charge in [-0.2, -0.15) is 5.26 Å². The highest BCUT2D eigenvalue weighted by Gasteiger charge is 2.69. The van der Waals surface area contributed by atoms with Gasteiger partial charge >= 0.3 is 0 Å². The Hall–Kier alpha value is -0.810. The third-order valence-corrected chi connectivity index (χ3v) is 4.95. The molecule has 1 nitrogen and oxygen atoms in total. The molecule has 0 N–H and O–H groups in total. The number of nitriles is 1. The summed E-state index contributed by atoms with van der Waals surface area (Å²) in [6.45, 7) is 0. The molecule has 1 unspecified atom stereocenters. The molecular weight excluding hydrogens is 262 g/mol. The van der Waals surface area contributed by atoms with Crippen molar-refractivity contribution in [3.8, 4) is 6.07 Å². The van der Waals surface area contributed by atoms with Crippen molar-refractivity contribution in [2.45, 2.75) is 37.5 Å². The topological polar surface area (TPSA) is 23.8 Å². The minimum atomic E-state index is -0.173. The standard InChI is InChI=1S/C14H14BrN/c15-12-5-3-4-11(8-12)14(10-16)9-13(14)6-1-2-7-13/h3-5,8H,1-2,6-7,9H2. The van der Waals surface area contributed by atoms with Crippen LogP contribution in [0.5, 0.6) is 0 Å². The van der Waals surface area contributed by atoms with Gasteiger partial charge < -0.3 is 0 Å². The monoisotopic (exact) mass is 275 g/mol. The van der Waals surface area contributed by atoms with Crippen LogP contribution in [0.4, 0.5) is 0 Å². The summed E-state index contributed by atoms with van der Waals surface area (Å²) in [5.41, 5.74) is 1.36. The predicted molar refractivity (Wildman–Crippen MR) is 67.0 cm³/mol. The zero-order valence-corrected chi connectivity index (χ0v) is 10.8. The molecule has 0 aliphatic heterocycles. The lowest BCUT2D eigenvalue weighted by molar-refractivity contribution is 0.476. The Morgan fingerprint density at radius 2 is 2.00 bits per heavy atom. The second-order valence-corrected chi connectivity index (χ2v) is 6.11. The average Bonchev–Trinajstić information content (AvgIpc) is 2.66. The van der Waals surface area contributed by atoms with E-state index in [4.69, 9.17) is 0 Å². The normalized spacial score (nSPS) is 30.2. The fourth-order valence-corrected chi connectivity index (χ4v) is 3.90. The summed E-state index contributed by atoms with van der Waals surface area (Å²) in [6.07, 6.45) is 6.17. The van der Waals surface area contributed by atoms with Gasteiger partial charge in [-0.05, 0) is 42.4 Å². The fourth-order valence-electron chi connectivity index (χ4n) is 3.50. The zero-order valence-electron chi connectivity index (χ0n) is 9.17. The van der Waals surface area contributed by atoms with E-state index in [-0.39, 0.29) is 5.41 Å². The molecular formula is C14H14BrN. The van der Waals surface area contributed by atoms with E-state index in [2.05, 4.69) is 34.1 Å². The highest BCUT2D eigenvalue weighted by atomic mass is 79.9. The Kier molecular flexibility index (Phi) is 2.16. The lowest BCUT2D eigenvalue weighted by Crippen LogP contribution is -2.14. The minimum absolute atomic E-state index is 0.173. The van der Waals surface area contributed by atoms with Crippen LogP contribution >= 0.6 is 15.9 Å². The third-order valence-electron chi connectivity index (χ3n) is 4.45. The summed E-state index contributed by atoms with van der Waals surface area (Å²) in [7, 11) is 0. The van der Waals surface area contributed by atoms with Crippen LogP contribution in [0.25, 0.3) is 0 Å². The SMILES string of the molecule is N#CC1(c2cccc(Br)c2)CC12CCCC2. The number of benzene rings is 1.